The molecule has 0 unspecified atom stereocenters. The fourth-order valence-corrected chi connectivity index (χ4v) is 5.59. The van der Waals surface area contributed by atoms with Crippen LogP contribution in [0.5, 0.6) is 0 Å². The summed E-state index contributed by atoms with van der Waals surface area (Å²) in [6, 6.07) is 0.401. The Hall–Kier alpha value is -2.81. The zero-order chi connectivity index (χ0) is 31.6. The fourth-order valence-electron chi connectivity index (χ4n) is 5.59. The maximum Gasteiger partial charge on any atom is 0.436 e. The minimum atomic E-state index is -5.19. The zero-order valence-corrected chi connectivity index (χ0v) is 23.4. The molecule has 43 heavy (non-hydrogen) atoms. The number of benzene rings is 1. The van der Waals surface area contributed by atoms with E-state index in [1.165, 1.54) is 6.42 Å². The molecule has 6 nitrogen and oxygen atoms in total. The number of nitrogens with one attached hydrogen (secondary N) is 1. The summed E-state index contributed by atoms with van der Waals surface area (Å²) in [5.74, 6) is -1.54. The number of rotatable bonds is 8. The van der Waals surface area contributed by atoms with Gasteiger partial charge in [-0.15, -0.1) is 0 Å². The number of alkyl halides is 9. The third-order valence-corrected chi connectivity index (χ3v) is 7.82. The van der Waals surface area contributed by atoms with Crippen LogP contribution < -0.4 is 5.32 Å². The van der Waals surface area contributed by atoms with E-state index in [2.05, 4.69) is 22.1 Å². The van der Waals surface area contributed by atoms with Gasteiger partial charge in [0.25, 0.3) is 0 Å². The van der Waals surface area contributed by atoms with Gasteiger partial charge in [0.1, 0.15) is 0 Å². The van der Waals surface area contributed by atoms with E-state index in [1.807, 2.05) is 0 Å². The van der Waals surface area contributed by atoms with Crippen LogP contribution in [0, 0.1) is 11.8 Å². The predicted octanol–water partition coefficient (Wildman–Crippen LogP) is 6.85. The molecule has 4 rings (SSSR count). The number of aromatic nitrogens is 1. The molecule has 2 aromatic rings. The van der Waals surface area contributed by atoms with Crippen molar-refractivity contribution in [3.63, 3.8) is 0 Å². The van der Waals surface area contributed by atoms with Crippen molar-refractivity contribution >= 4 is 5.91 Å². The molecule has 240 valence electrons. The Morgan fingerprint density at radius 2 is 1.53 bits per heavy atom. The Bertz CT molecular complexity index is 1220. The highest BCUT2D eigenvalue weighted by Crippen LogP contribution is 2.40. The fraction of sp³-hybridized carbons (Fsp3) is 0.643. The number of piperidine rings is 2. The maximum absolute atomic E-state index is 13.8. The average Bonchev–Trinajstić information content (AvgIpc) is 3.35. The van der Waals surface area contributed by atoms with Crippen molar-refractivity contribution in [3.05, 3.63) is 40.8 Å². The van der Waals surface area contributed by atoms with Gasteiger partial charge in [0, 0.05) is 24.6 Å². The number of likely N-dealkylation sites (tertiary alicyclic amines) is 2. The molecule has 0 bridgehead atoms. The summed E-state index contributed by atoms with van der Waals surface area (Å²) in [6.45, 7) is 5.76. The summed E-state index contributed by atoms with van der Waals surface area (Å²) in [7, 11) is 0. The largest absolute Gasteiger partial charge is 0.439 e. The van der Waals surface area contributed by atoms with Gasteiger partial charge < -0.3 is 14.6 Å². The van der Waals surface area contributed by atoms with E-state index in [4.69, 9.17) is 4.42 Å². The van der Waals surface area contributed by atoms with Gasteiger partial charge in [-0.2, -0.15) is 39.5 Å². The van der Waals surface area contributed by atoms with E-state index < -0.39 is 59.1 Å². The van der Waals surface area contributed by atoms with Gasteiger partial charge in [0.15, 0.2) is 11.5 Å². The van der Waals surface area contributed by atoms with Crippen molar-refractivity contribution in [3.8, 4) is 11.5 Å². The topological polar surface area (TPSA) is 61.6 Å². The van der Waals surface area contributed by atoms with Crippen LogP contribution >= 0.6 is 0 Å². The minimum absolute atomic E-state index is 0.130. The molecule has 2 aliphatic heterocycles. The monoisotopic (exact) mass is 628 g/mol. The number of carbonyl (C=O) groups excluding carboxylic acids is 1. The normalized spacial score (nSPS) is 20.0. The first-order valence-corrected chi connectivity index (χ1v) is 14.1. The van der Waals surface area contributed by atoms with E-state index in [0.717, 1.165) is 32.5 Å². The Balaban J connectivity index is 1.39. The quantitative estimate of drug-likeness (QED) is 0.256. The molecule has 15 heteroatoms. The second-order valence-electron chi connectivity index (χ2n) is 11.3. The van der Waals surface area contributed by atoms with Crippen LogP contribution in [0.4, 0.5) is 39.5 Å². The lowest BCUT2D eigenvalue weighted by molar-refractivity contribution is -0.144. The van der Waals surface area contributed by atoms with Crippen LogP contribution in [0.25, 0.3) is 11.5 Å². The first-order valence-electron chi connectivity index (χ1n) is 14.1. The van der Waals surface area contributed by atoms with Gasteiger partial charge in [-0.25, -0.2) is 4.98 Å². The molecule has 1 aromatic carbocycles. The van der Waals surface area contributed by atoms with Gasteiger partial charge in [-0.05, 0) is 82.4 Å². The van der Waals surface area contributed by atoms with Gasteiger partial charge in [-0.3, -0.25) is 9.69 Å². The minimum Gasteiger partial charge on any atom is -0.439 e. The summed E-state index contributed by atoms with van der Waals surface area (Å²) >= 11 is 0. The molecular formula is C28H33F9N4O2. The van der Waals surface area contributed by atoms with Crippen molar-refractivity contribution in [2.24, 2.45) is 11.8 Å². The van der Waals surface area contributed by atoms with Crippen LogP contribution in [0.1, 0.15) is 61.6 Å². The zero-order valence-electron chi connectivity index (χ0n) is 23.4. The van der Waals surface area contributed by atoms with Crippen LogP contribution in [0.15, 0.2) is 22.6 Å². The van der Waals surface area contributed by atoms with Gasteiger partial charge in [0.2, 0.25) is 11.8 Å². The lowest BCUT2D eigenvalue weighted by atomic mass is 9.95. The van der Waals surface area contributed by atoms with Crippen LogP contribution in [0.3, 0.4) is 0 Å². The Morgan fingerprint density at radius 3 is 2.09 bits per heavy atom. The molecule has 0 aliphatic carbocycles. The molecule has 2 aliphatic rings. The molecule has 1 amide bonds. The van der Waals surface area contributed by atoms with E-state index in [0.29, 0.717) is 25.3 Å². The van der Waals surface area contributed by atoms with Crippen molar-refractivity contribution in [2.45, 2.75) is 64.1 Å². The van der Waals surface area contributed by atoms with Gasteiger partial charge >= 0.3 is 18.5 Å². The lowest BCUT2D eigenvalue weighted by Gasteiger charge is -2.31. The molecule has 2 saturated heterocycles. The SMILES string of the molecule is C[C@H]1CCCN(CCCNC(=O)C2CCN(Cc3oc(-c4cc(C(F)(F)F)cc(C(F)(F)F)c4)nc3C(F)(F)F)CC2)C1. The lowest BCUT2D eigenvalue weighted by Crippen LogP contribution is -2.41. The Morgan fingerprint density at radius 1 is 0.907 bits per heavy atom. The summed E-state index contributed by atoms with van der Waals surface area (Å²) < 4.78 is 126. The standard InChI is InChI=1S/C28H33F9N4O2/c1-17-4-2-8-40(15-17)9-3-7-38-24(42)18-5-10-41(11-6-18)16-22-23(28(35,36)37)39-25(43-22)19-12-20(26(29,30)31)14-21(13-19)27(32,33)34/h12-14,17-18H,2-11,15-16H2,1H3,(H,38,42)/t17-/m0/s1. The highest BCUT2D eigenvalue weighted by atomic mass is 19.4. The number of amides is 1. The number of hydrogen-bond acceptors (Lipinski definition) is 5. The molecule has 0 saturated carbocycles. The highest BCUT2D eigenvalue weighted by Gasteiger charge is 2.41. The number of oxazole rings is 1. The summed E-state index contributed by atoms with van der Waals surface area (Å²) in [6.07, 6.45) is -11.5. The Labute approximate surface area is 242 Å². The van der Waals surface area contributed by atoms with Gasteiger partial charge in [0.05, 0.1) is 17.7 Å². The number of halogens is 9. The summed E-state index contributed by atoms with van der Waals surface area (Å²) in [4.78, 5) is 19.9. The number of nitrogens with zero attached hydrogens (tertiary/aromatic N) is 3. The third-order valence-electron chi connectivity index (χ3n) is 7.82. The smallest absolute Gasteiger partial charge is 0.436 e. The molecule has 0 spiro atoms. The molecule has 1 atom stereocenters. The van der Waals surface area contributed by atoms with Crippen LogP contribution in [0.2, 0.25) is 0 Å². The van der Waals surface area contributed by atoms with Gasteiger partial charge in [-0.1, -0.05) is 6.92 Å². The molecule has 1 aromatic heterocycles. The molecule has 2 fully saturated rings. The molecular weight excluding hydrogens is 595 g/mol. The molecule has 1 N–H and O–H groups in total. The maximum atomic E-state index is 13.8. The van der Waals surface area contributed by atoms with Crippen LogP contribution in [-0.2, 0) is 29.9 Å². The summed E-state index contributed by atoms with van der Waals surface area (Å²) in [5.41, 5.74) is -5.82. The van der Waals surface area contributed by atoms with E-state index in [-0.39, 0.29) is 43.1 Å². The molecule has 3 heterocycles. The Kier molecular flexibility index (Phi) is 10.0. The van der Waals surface area contributed by atoms with Crippen molar-refractivity contribution < 1.29 is 48.7 Å². The summed E-state index contributed by atoms with van der Waals surface area (Å²) in [5, 5.41) is 2.93. The van der Waals surface area contributed by atoms with Crippen molar-refractivity contribution in [2.75, 3.05) is 39.3 Å². The highest BCUT2D eigenvalue weighted by molar-refractivity contribution is 5.78. The van der Waals surface area contributed by atoms with E-state index in [1.54, 1.807) is 4.90 Å². The number of hydrogen-bond donors (Lipinski definition) is 1. The van der Waals surface area contributed by atoms with Crippen molar-refractivity contribution in [1.29, 1.82) is 0 Å². The third kappa shape index (κ3) is 8.87. The predicted molar refractivity (Wildman–Crippen MR) is 137 cm³/mol. The second-order valence-corrected chi connectivity index (χ2v) is 11.3. The first kappa shape index (κ1) is 33.1. The average molecular weight is 629 g/mol. The second kappa shape index (κ2) is 13.0. The van der Waals surface area contributed by atoms with Crippen molar-refractivity contribution in [1.82, 2.24) is 20.1 Å². The van der Waals surface area contributed by atoms with E-state index in [9.17, 15) is 44.3 Å². The number of carbonyl (C=O) groups is 1. The van der Waals surface area contributed by atoms with Crippen LogP contribution in [-0.4, -0.2) is 60.0 Å². The first-order chi connectivity index (χ1) is 20.0. The molecule has 0 radical (unpaired) electrons. The van der Waals surface area contributed by atoms with E-state index >= 15 is 0 Å².